The Balaban J connectivity index is 2.16. The Hall–Kier alpha value is -1.65. The molecule has 0 saturated carbocycles. The van der Waals surface area contributed by atoms with E-state index >= 15 is 0 Å². The number of halogens is 1. The van der Waals surface area contributed by atoms with Gasteiger partial charge in [-0.25, -0.2) is 4.79 Å². The molecule has 0 bridgehead atoms. The van der Waals surface area contributed by atoms with Crippen LogP contribution >= 0.6 is 15.9 Å². The summed E-state index contributed by atoms with van der Waals surface area (Å²) in [5.74, 6) is -0.337. The summed E-state index contributed by atoms with van der Waals surface area (Å²) in [7, 11) is 1.38. The molecule has 22 heavy (non-hydrogen) atoms. The SMILES string of the molecule is COC(=O)c1cccc(C)c1CCC(O)c1cccc(Br)c1. The molecule has 0 heterocycles. The van der Waals surface area contributed by atoms with E-state index in [9.17, 15) is 9.90 Å². The highest BCUT2D eigenvalue weighted by atomic mass is 79.9. The Morgan fingerprint density at radius 3 is 2.68 bits per heavy atom. The molecule has 1 N–H and O–H groups in total. The fraction of sp³-hybridized carbons (Fsp3) is 0.278. The summed E-state index contributed by atoms with van der Waals surface area (Å²) in [6.07, 6.45) is 0.596. The van der Waals surface area contributed by atoms with Gasteiger partial charge in [-0.2, -0.15) is 0 Å². The molecule has 4 heteroatoms. The molecule has 3 nitrogen and oxygen atoms in total. The van der Waals surface area contributed by atoms with Gasteiger partial charge in [0.05, 0.1) is 18.8 Å². The molecule has 0 amide bonds. The van der Waals surface area contributed by atoms with Crippen LogP contribution in [0.25, 0.3) is 0 Å². The van der Waals surface area contributed by atoms with Crippen LogP contribution in [0.4, 0.5) is 0 Å². The van der Waals surface area contributed by atoms with Crippen LogP contribution in [0.1, 0.15) is 39.6 Å². The summed E-state index contributed by atoms with van der Waals surface area (Å²) < 4.78 is 5.77. The summed E-state index contributed by atoms with van der Waals surface area (Å²) in [5, 5.41) is 10.3. The lowest BCUT2D eigenvalue weighted by Crippen LogP contribution is -2.09. The zero-order valence-electron chi connectivity index (χ0n) is 12.7. The lowest BCUT2D eigenvalue weighted by Gasteiger charge is -2.15. The van der Waals surface area contributed by atoms with Crippen molar-refractivity contribution in [3.05, 3.63) is 69.2 Å². The van der Waals surface area contributed by atoms with Crippen LogP contribution in [-0.2, 0) is 11.2 Å². The molecule has 0 saturated heterocycles. The number of carbonyl (C=O) groups is 1. The van der Waals surface area contributed by atoms with Gasteiger partial charge in [0.2, 0.25) is 0 Å². The number of hydrogen-bond donors (Lipinski definition) is 1. The maximum Gasteiger partial charge on any atom is 0.338 e. The summed E-state index contributed by atoms with van der Waals surface area (Å²) in [6, 6.07) is 13.2. The fourth-order valence-corrected chi connectivity index (χ4v) is 2.91. The van der Waals surface area contributed by atoms with E-state index in [0.717, 1.165) is 21.2 Å². The number of hydrogen-bond acceptors (Lipinski definition) is 3. The average Bonchev–Trinajstić information content (AvgIpc) is 2.52. The molecule has 116 valence electrons. The number of aliphatic hydroxyl groups excluding tert-OH is 1. The Morgan fingerprint density at radius 1 is 1.27 bits per heavy atom. The first kappa shape index (κ1) is 16.7. The third kappa shape index (κ3) is 3.96. The second-order valence-electron chi connectivity index (χ2n) is 5.20. The van der Waals surface area contributed by atoms with Gasteiger partial charge in [0.15, 0.2) is 0 Å². The van der Waals surface area contributed by atoms with Crippen molar-refractivity contribution in [2.75, 3.05) is 7.11 Å². The molecule has 0 aliphatic heterocycles. The number of methoxy groups -OCH3 is 1. The average molecular weight is 363 g/mol. The van der Waals surface area contributed by atoms with Crippen molar-refractivity contribution in [1.82, 2.24) is 0 Å². The predicted octanol–water partition coefficient (Wildman–Crippen LogP) is 4.21. The van der Waals surface area contributed by atoms with Gasteiger partial charge in [-0.15, -0.1) is 0 Å². The highest BCUT2D eigenvalue weighted by Gasteiger charge is 2.15. The Kier molecular flexibility index (Phi) is 5.75. The zero-order valence-corrected chi connectivity index (χ0v) is 14.3. The van der Waals surface area contributed by atoms with Crippen LogP contribution in [0.5, 0.6) is 0 Å². The van der Waals surface area contributed by atoms with Crippen molar-refractivity contribution in [3.8, 4) is 0 Å². The van der Waals surface area contributed by atoms with Gasteiger partial charge in [-0.3, -0.25) is 0 Å². The molecule has 1 atom stereocenters. The number of rotatable bonds is 5. The van der Waals surface area contributed by atoms with Gasteiger partial charge in [0, 0.05) is 4.47 Å². The Morgan fingerprint density at radius 2 is 2.00 bits per heavy atom. The van der Waals surface area contributed by atoms with Crippen molar-refractivity contribution in [1.29, 1.82) is 0 Å². The first-order valence-electron chi connectivity index (χ1n) is 7.13. The predicted molar refractivity (Wildman–Crippen MR) is 89.9 cm³/mol. The molecular weight excluding hydrogens is 344 g/mol. The first-order chi connectivity index (χ1) is 10.5. The van der Waals surface area contributed by atoms with Crippen molar-refractivity contribution in [2.45, 2.75) is 25.9 Å². The standard InChI is InChI=1S/C18H19BrO3/c1-12-5-3-8-16(18(21)22-2)15(12)9-10-17(20)13-6-4-7-14(19)11-13/h3-8,11,17,20H,9-10H2,1-2H3. The van der Waals surface area contributed by atoms with Crippen LogP contribution < -0.4 is 0 Å². The monoisotopic (exact) mass is 362 g/mol. The van der Waals surface area contributed by atoms with E-state index in [1.54, 1.807) is 6.07 Å². The molecular formula is C18H19BrO3. The summed E-state index contributed by atoms with van der Waals surface area (Å²) >= 11 is 3.41. The van der Waals surface area contributed by atoms with E-state index in [0.29, 0.717) is 18.4 Å². The van der Waals surface area contributed by atoms with Crippen LogP contribution in [-0.4, -0.2) is 18.2 Å². The Labute approximate surface area is 139 Å². The zero-order chi connectivity index (χ0) is 16.1. The number of carbonyl (C=O) groups excluding carboxylic acids is 1. The van der Waals surface area contributed by atoms with Gasteiger partial charge in [0.1, 0.15) is 0 Å². The lowest BCUT2D eigenvalue weighted by molar-refractivity contribution is 0.0598. The highest BCUT2D eigenvalue weighted by Crippen LogP contribution is 2.24. The quantitative estimate of drug-likeness (QED) is 0.810. The smallest absolute Gasteiger partial charge is 0.338 e. The van der Waals surface area contributed by atoms with Gasteiger partial charge in [-0.1, -0.05) is 40.2 Å². The molecule has 0 radical (unpaired) electrons. The summed E-state index contributed by atoms with van der Waals surface area (Å²) in [6.45, 7) is 1.97. The van der Waals surface area contributed by atoms with E-state index in [4.69, 9.17) is 4.74 Å². The van der Waals surface area contributed by atoms with Crippen molar-refractivity contribution < 1.29 is 14.6 Å². The molecule has 2 rings (SSSR count). The van der Waals surface area contributed by atoms with Crippen molar-refractivity contribution in [3.63, 3.8) is 0 Å². The third-order valence-electron chi connectivity index (χ3n) is 3.72. The molecule has 2 aromatic rings. The largest absolute Gasteiger partial charge is 0.465 e. The number of esters is 1. The van der Waals surface area contributed by atoms with Gasteiger partial charge in [0.25, 0.3) is 0 Å². The van der Waals surface area contributed by atoms with Gasteiger partial charge >= 0.3 is 5.97 Å². The number of benzene rings is 2. The third-order valence-corrected chi connectivity index (χ3v) is 4.21. The minimum atomic E-state index is -0.567. The van der Waals surface area contributed by atoms with E-state index in [2.05, 4.69) is 15.9 Å². The number of aliphatic hydroxyl groups is 1. The minimum Gasteiger partial charge on any atom is -0.465 e. The molecule has 0 aliphatic rings. The van der Waals surface area contributed by atoms with Crippen LogP contribution in [0.15, 0.2) is 46.9 Å². The highest BCUT2D eigenvalue weighted by molar-refractivity contribution is 9.10. The molecule has 1 unspecified atom stereocenters. The lowest BCUT2D eigenvalue weighted by atomic mass is 9.94. The van der Waals surface area contributed by atoms with Crippen LogP contribution in [0, 0.1) is 6.92 Å². The van der Waals surface area contributed by atoms with E-state index in [1.807, 2.05) is 43.3 Å². The molecule has 0 fully saturated rings. The first-order valence-corrected chi connectivity index (χ1v) is 7.92. The Bertz CT molecular complexity index is 667. The minimum absolute atomic E-state index is 0.337. The molecule has 0 spiro atoms. The fourth-order valence-electron chi connectivity index (χ4n) is 2.50. The maximum atomic E-state index is 11.9. The van der Waals surface area contributed by atoms with Gasteiger partial charge < -0.3 is 9.84 Å². The molecule has 2 aromatic carbocycles. The van der Waals surface area contributed by atoms with E-state index < -0.39 is 6.10 Å². The van der Waals surface area contributed by atoms with E-state index in [-0.39, 0.29) is 5.97 Å². The molecule has 0 aromatic heterocycles. The van der Waals surface area contributed by atoms with Crippen LogP contribution in [0.3, 0.4) is 0 Å². The normalized spacial score (nSPS) is 12.0. The topological polar surface area (TPSA) is 46.5 Å². The summed E-state index contributed by atoms with van der Waals surface area (Å²) in [5.41, 5.74) is 3.40. The number of aryl methyl sites for hydroxylation is 1. The second-order valence-corrected chi connectivity index (χ2v) is 6.12. The van der Waals surface area contributed by atoms with Crippen LogP contribution in [0.2, 0.25) is 0 Å². The van der Waals surface area contributed by atoms with Crippen molar-refractivity contribution >= 4 is 21.9 Å². The van der Waals surface area contributed by atoms with Crippen molar-refractivity contribution in [2.24, 2.45) is 0 Å². The maximum absolute atomic E-state index is 11.9. The second kappa shape index (κ2) is 7.56. The van der Waals surface area contributed by atoms with E-state index in [1.165, 1.54) is 7.11 Å². The number of ether oxygens (including phenoxy) is 1. The molecule has 0 aliphatic carbocycles. The summed E-state index contributed by atoms with van der Waals surface area (Å²) in [4.78, 5) is 11.9. The van der Waals surface area contributed by atoms with Gasteiger partial charge in [-0.05, 0) is 54.7 Å².